The zero-order valence-electron chi connectivity index (χ0n) is 14.9. The number of para-hydroxylation sites is 1. The van der Waals surface area contributed by atoms with Gasteiger partial charge < -0.3 is 20.5 Å². The molecule has 1 aliphatic heterocycles. The maximum absolute atomic E-state index is 9.42. The van der Waals surface area contributed by atoms with Crippen LogP contribution in [0.3, 0.4) is 0 Å². The Morgan fingerprint density at radius 1 is 1.12 bits per heavy atom. The molecule has 0 saturated carbocycles. The van der Waals surface area contributed by atoms with E-state index in [-0.39, 0.29) is 36.7 Å². The molecule has 2 aromatic carbocycles. The first-order chi connectivity index (χ1) is 12.3. The van der Waals surface area contributed by atoms with Gasteiger partial charge in [0.15, 0.2) is 5.96 Å². The number of hydrogen-bond acceptors (Lipinski definition) is 3. The summed E-state index contributed by atoms with van der Waals surface area (Å²) >= 11 is 0. The minimum atomic E-state index is 0. The highest BCUT2D eigenvalue weighted by molar-refractivity contribution is 14.0. The van der Waals surface area contributed by atoms with Crippen molar-refractivity contribution >= 4 is 29.9 Å². The monoisotopic (exact) mass is 467 g/mol. The average Bonchev–Trinajstić information content (AvgIpc) is 3.07. The van der Waals surface area contributed by atoms with E-state index in [4.69, 9.17) is 4.74 Å². The fourth-order valence-corrected chi connectivity index (χ4v) is 2.95. The van der Waals surface area contributed by atoms with Crippen molar-refractivity contribution in [3.05, 3.63) is 65.2 Å². The molecule has 0 amide bonds. The standard InChI is InChI=1S/C20H25N3O2.HI/c1-2-21-20(22-12-16-8-3-4-9-17(16)14-24)23-13-18-11-15-7-5-6-10-19(15)25-18;/h3-10,18,24H,2,11-14H2,1H3,(H2,21,22,23);1H. The molecule has 2 aromatic rings. The number of nitrogens with zero attached hydrogens (tertiary/aromatic N) is 1. The maximum atomic E-state index is 9.42. The summed E-state index contributed by atoms with van der Waals surface area (Å²) in [5, 5.41) is 16.0. The van der Waals surface area contributed by atoms with Crippen LogP contribution < -0.4 is 15.4 Å². The van der Waals surface area contributed by atoms with E-state index in [0.29, 0.717) is 13.1 Å². The van der Waals surface area contributed by atoms with Crippen molar-refractivity contribution < 1.29 is 9.84 Å². The van der Waals surface area contributed by atoms with Crippen LogP contribution in [0.1, 0.15) is 23.6 Å². The number of guanidine groups is 1. The van der Waals surface area contributed by atoms with Crippen molar-refractivity contribution in [2.45, 2.75) is 32.6 Å². The van der Waals surface area contributed by atoms with Crippen LogP contribution >= 0.6 is 24.0 Å². The number of nitrogens with one attached hydrogen (secondary N) is 2. The lowest BCUT2D eigenvalue weighted by atomic mass is 10.1. The molecule has 140 valence electrons. The van der Waals surface area contributed by atoms with Crippen molar-refractivity contribution in [2.75, 3.05) is 13.1 Å². The molecule has 1 atom stereocenters. The Kier molecular flexibility index (Phi) is 8.18. The molecule has 0 fully saturated rings. The Bertz CT molecular complexity index is 712. The number of aliphatic imine (C=N–C) groups is 1. The number of benzene rings is 2. The number of hydrogen-bond donors (Lipinski definition) is 3. The van der Waals surface area contributed by atoms with Crippen LogP contribution in [0, 0.1) is 0 Å². The van der Waals surface area contributed by atoms with E-state index in [1.54, 1.807) is 0 Å². The van der Waals surface area contributed by atoms with Crippen molar-refractivity contribution in [1.29, 1.82) is 0 Å². The number of ether oxygens (including phenoxy) is 1. The fraction of sp³-hybridized carbons (Fsp3) is 0.350. The Morgan fingerprint density at radius 3 is 2.58 bits per heavy atom. The van der Waals surface area contributed by atoms with Crippen LogP contribution in [-0.4, -0.2) is 30.3 Å². The SMILES string of the molecule is CCNC(=NCc1ccccc1CO)NCC1Cc2ccccc2O1.I. The Labute approximate surface area is 171 Å². The van der Waals surface area contributed by atoms with Gasteiger partial charge >= 0.3 is 0 Å². The van der Waals surface area contributed by atoms with E-state index >= 15 is 0 Å². The molecule has 0 bridgehead atoms. The van der Waals surface area contributed by atoms with Crippen molar-refractivity contribution in [1.82, 2.24) is 10.6 Å². The average molecular weight is 467 g/mol. The summed E-state index contributed by atoms with van der Waals surface area (Å²) in [5.74, 6) is 1.74. The van der Waals surface area contributed by atoms with E-state index in [1.165, 1.54) is 5.56 Å². The highest BCUT2D eigenvalue weighted by Gasteiger charge is 2.22. The Morgan fingerprint density at radius 2 is 1.85 bits per heavy atom. The molecule has 6 heteroatoms. The quantitative estimate of drug-likeness (QED) is 0.348. The van der Waals surface area contributed by atoms with Gasteiger partial charge in [-0.1, -0.05) is 42.5 Å². The number of halogens is 1. The second-order valence-electron chi connectivity index (χ2n) is 6.05. The molecule has 0 aromatic heterocycles. The fourth-order valence-electron chi connectivity index (χ4n) is 2.95. The Balaban J connectivity index is 0.00000243. The second-order valence-corrected chi connectivity index (χ2v) is 6.05. The minimum absolute atomic E-state index is 0. The highest BCUT2D eigenvalue weighted by Crippen LogP contribution is 2.27. The summed E-state index contributed by atoms with van der Waals surface area (Å²) in [6.45, 7) is 4.09. The Hall–Kier alpha value is -1.80. The molecule has 1 heterocycles. The van der Waals surface area contributed by atoms with Gasteiger partial charge in [0, 0.05) is 13.0 Å². The van der Waals surface area contributed by atoms with E-state index in [9.17, 15) is 5.11 Å². The van der Waals surface area contributed by atoms with E-state index in [1.807, 2.05) is 49.4 Å². The van der Waals surface area contributed by atoms with E-state index in [2.05, 4.69) is 21.7 Å². The molecule has 1 unspecified atom stereocenters. The van der Waals surface area contributed by atoms with Gasteiger partial charge in [0.05, 0.1) is 19.7 Å². The summed E-state index contributed by atoms with van der Waals surface area (Å²) in [6.07, 6.45) is 1.03. The molecule has 3 rings (SSSR count). The zero-order valence-corrected chi connectivity index (χ0v) is 17.3. The predicted octanol–water partition coefficient (Wildman–Crippen LogP) is 2.86. The van der Waals surface area contributed by atoms with Gasteiger partial charge in [0.2, 0.25) is 0 Å². The van der Waals surface area contributed by atoms with Crippen molar-refractivity contribution in [3.8, 4) is 5.75 Å². The van der Waals surface area contributed by atoms with Crippen LogP contribution in [0.15, 0.2) is 53.5 Å². The molecule has 3 N–H and O–H groups in total. The van der Waals surface area contributed by atoms with E-state index < -0.39 is 0 Å². The number of aliphatic hydroxyl groups excluding tert-OH is 1. The minimum Gasteiger partial charge on any atom is -0.488 e. The van der Waals surface area contributed by atoms with Crippen LogP contribution in [0.4, 0.5) is 0 Å². The molecule has 1 aliphatic rings. The topological polar surface area (TPSA) is 65.9 Å². The number of rotatable bonds is 6. The van der Waals surface area contributed by atoms with Gasteiger partial charge in [-0.25, -0.2) is 4.99 Å². The molecule has 0 saturated heterocycles. The normalized spacial score (nSPS) is 15.6. The maximum Gasteiger partial charge on any atom is 0.191 e. The zero-order chi connectivity index (χ0) is 17.5. The lowest BCUT2D eigenvalue weighted by Gasteiger charge is -2.15. The molecular formula is C20H26IN3O2. The molecule has 26 heavy (non-hydrogen) atoms. The predicted molar refractivity (Wildman–Crippen MR) is 115 cm³/mol. The largest absolute Gasteiger partial charge is 0.488 e. The molecule has 0 spiro atoms. The van der Waals surface area contributed by atoms with E-state index in [0.717, 1.165) is 35.8 Å². The van der Waals surface area contributed by atoms with Gasteiger partial charge in [-0.15, -0.1) is 24.0 Å². The third-order valence-corrected chi connectivity index (χ3v) is 4.25. The van der Waals surface area contributed by atoms with Crippen molar-refractivity contribution in [3.63, 3.8) is 0 Å². The van der Waals surface area contributed by atoms with Crippen LogP contribution in [-0.2, 0) is 19.6 Å². The van der Waals surface area contributed by atoms with Gasteiger partial charge in [-0.05, 0) is 29.7 Å². The van der Waals surface area contributed by atoms with Gasteiger partial charge in [0.25, 0.3) is 0 Å². The molecule has 0 radical (unpaired) electrons. The summed E-state index contributed by atoms with van der Waals surface area (Å²) < 4.78 is 5.96. The molecule has 0 aliphatic carbocycles. The van der Waals surface area contributed by atoms with Crippen LogP contribution in [0.2, 0.25) is 0 Å². The summed E-state index contributed by atoms with van der Waals surface area (Å²) in [5.41, 5.74) is 3.21. The van der Waals surface area contributed by atoms with Gasteiger partial charge in [-0.3, -0.25) is 0 Å². The molecular weight excluding hydrogens is 441 g/mol. The van der Waals surface area contributed by atoms with Crippen molar-refractivity contribution in [2.24, 2.45) is 4.99 Å². The lowest BCUT2D eigenvalue weighted by Crippen LogP contribution is -2.42. The third-order valence-electron chi connectivity index (χ3n) is 4.25. The van der Waals surface area contributed by atoms with Gasteiger partial charge in [-0.2, -0.15) is 0 Å². The first-order valence-electron chi connectivity index (χ1n) is 8.74. The lowest BCUT2D eigenvalue weighted by molar-refractivity contribution is 0.235. The van der Waals surface area contributed by atoms with Gasteiger partial charge in [0.1, 0.15) is 11.9 Å². The number of fused-ring (bicyclic) bond motifs is 1. The first-order valence-corrected chi connectivity index (χ1v) is 8.74. The summed E-state index contributed by atoms with van der Waals surface area (Å²) in [4.78, 5) is 4.63. The third kappa shape index (κ3) is 5.35. The molecule has 5 nitrogen and oxygen atoms in total. The van der Waals surface area contributed by atoms with Crippen LogP contribution in [0.5, 0.6) is 5.75 Å². The first kappa shape index (κ1) is 20.5. The summed E-state index contributed by atoms with van der Waals surface area (Å²) in [6, 6.07) is 16.0. The number of aliphatic hydroxyl groups is 1. The van der Waals surface area contributed by atoms with Crippen LogP contribution in [0.25, 0.3) is 0 Å². The summed E-state index contributed by atoms with van der Waals surface area (Å²) in [7, 11) is 0. The smallest absolute Gasteiger partial charge is 0.191 e. The highest BCUT2D eigenvalue weighted by atomic mass is 127. The second kappa shape index (κ2) is 10.4.